The van der Waals surface area contributed by atoms with Crippen molar-refractivity contribution in [1.29, 1.82) is 0 Å². The normalized spacial score (nSPS) is 18.6. The zero-order valence-electron chi connectivity index (χ0n) is 49.1. The van der Waals surface area contributed by atoms with Crippen molar-refractivity contribution in [1.82, 2.24) is 36.0 Å². The van der Waals surface area contributed by atoms with E-state index in [1.54, 1.807) is 0 Å². The van der Waals surface area contributed by atoms with Crippen LogP contribution in [0.2, 0.25) is 0 Å². The maximum Gasteiger partial charge on any atom is 0.251 e. The van der Waals surface area contributed by atoms with E-state index in [4.69, 9.17) is 5.73 Å². The predicted octanol–water partition coefficient (Wildman–Crippen LogP) is 10.9. The van der Waals surface area contributed by atoms with Gasteiger partial charge in [-0.25, -0.2) is 0 Å². The van der Waals surface area contributed by atoms with Crippen LogP contribution in [0.4, 0.5) is 0 Å². The highest BCUT2D eigenvalue weighted by molar-refractivity contribution is 5.99. The SMILES string of the molecule is NCCC[C@@H]1N[C@H](CNC(=O)c2ccc3ccccc3c2)CCN(CC(c2ccccc2)c2ccccc2)C1=O.O=C(NC[C@@H]1CCN(CC(c2ccccc2)c2ccccc2)C(=O)[C@H](CCCN2CCCCC2)N1)c1ccc2ccccc2c1. The Bertz CT molecular complexity index is 3320. The fourth-order valence-electron chi connectivity index (χ4n) is 12.6. The molecule has 4 atom stereocenters. The summed E-state index contributed by atoms with van der Waals surface area (Å²) in [5.74, 6) is 0.263. The number of benzene rings is 8. The van der Waals surface area contributed by atoms with Crippen LogP contribution in [0, 0.1) is 0 Å². The van der Waals surface area contributed by atoms with Gasteiger partial charge >= 0.3 is 0 Å². The van der Waals surface area contributed by atoms with Crippen LogP contribution in [0.1, 0.15) is 113 Å². The number of carbonyl (C=O) groups excluding carboxylic acids is 4. The Kier molecular flexibility index (Phi) is 21.7. The molecule has 440 valence electrons. The minimum atomic E-state index is -0.333. The molecule has 3 heterocycles. The van der Waals surface area contributed by atoms with Gasteiger partial charge in [-0.3, -0.25) is 19.2 Å². The lowest BCUT2D eigenvalue weighted by atomic mass is 9.90. The van der Waals surface area contributed by atoms with Crippen molar-refractivity contribution in [3.8, 4) is 0 Å². The van der Waals surface area contributed by atoms with Crippen molar-refractivity contribution >= 4 is 45.2 Å². The molecule has 3 aliphatic heterocycles. The summed E-state index contributed by atoms with van der Waals surface area (Å²) in [5, 5.41) is 17.9. The maximum absolute atomic E-state index is 14.2. The average molecular weight is 1140 g/mol. The van der Waals surface area contributed by atoms with Gasteiger partial charge < -0.3 is 41.7 Å². The van der Waals surface area contributed by atoms with Crippen molar-refractivity contribution in [2.75, 3.05) is 65.4 Å². The van der Waals surface area contributed by atoms with Crippen molar-refractivity contribution in [3.63, 3.8) is 0 Å². The lowest BCUT2D eigenvalue weighted by Gasteiger charge is -2.30. The third-order valence-corrected chi connectivity index (χ3v) is 17.4. The Labute approximate surface area is 502 Å². The number of likely N-dealkylation sites (tertiary alicyclic amines) is 1. The van der Waals surface area contributed by atoms with E-state index < -0.39 is 0 Å². The topological polar surface area (TPSA) is 152 Å². The standard InChI is InChI=1S/C39H46N4O2.C34H38N4O2/c44-38(34-21-20-30-13-8-9-18-33(30)27-34)40-28-35-22-26-43(39(45)37(41-35)19-12-25-42-23-10-3-11-24-42)29-36(31-14-4-1-5-15-31)32-16-6-2-7-17-32;35-20-9-16-32-34(40)38(24-31(26-11-3-1-4-12-26)27-13-5-2-6-14-27)21-19-30(37-32)23-36-33(39)29-18-17-25-10-7-8-15-28(25)22-29/h1-2,4-9,13-18,20-21,27,35-37,41H,3,10-12,19,22-26,28-29H2,(H,40,44);1-8,10-15,17-18,22,30-32,37H,9,16,19-21,23-24,35H2,(H,36,39)/t35-,37-;30-,32-/m00/s1. The van der Waals surface area contributed by atoms with Crippen molar-refractivity contribution in [3.05, 3.63) is 240 Å². The van der Waals surface area contributed by atoms with Crippen LogP contribution in [-0.4, -0.2) is 128 Å². The first kappa shape index (κ1) is 60.1. The smallest absolute Gasteiger partial charge is 0.251 e. The first-order chi connectivity index (χ1) is 41.8. The van der Waals surface area contributed by atoms with Crippen LogP contribution in [0.15, 0.2) is 206 Å². The predicted molar refractivity (Wildman–Crippen MR) is 344 cm³/mol. The van der Waals surface area contributed by atoms with Gasteiger partial charge in [0.25, 0.3) is 11.8 Å². The molecule has 8 aromatic carbocycles. The maximum atomic E-state index is 14.2. The Morgan fingerprint density at radius 2 is 0.835 bits per heavy atom. The molecule has 3 saturated heterocycles. The van der Waals surface area contributed by atoms with Crippen molar-refractivity contribution in [2.45, 2.75) is 93.8 Å². The molecule has 6 N–H and O–H groups in total. The van der Waals surface area contributed by atoms with Gasteiger partial charge in [0.2, 0.25) is 11.8 Å². The molecule has 0 unspecified atom stereocenters. The second-order valence-corrected chi connectivity index (χ2v) is 23.2. The zero-order valence-corrected chi connectivity index (χ0v) is 49.1. The van der Waals surface area contributed by atoms with Crippen LogP contribution >= 0.6 is 0 Å². The molecule has 0 aromatic heterocycles. The minimum Gasteiger partial charge on any atom is -0.350 e. The summed E-state index contributed by atoms with van der Waals surface area (Å²) < 4.78 is 0. The van der Waals surface area contributed by atoms with Crippen molar-refractivity contribution < 1.29 is 19.2 Å². The molecule has 0 aliphatic carbocycles. The number of nitrogens with one attached hydrogen (secondary N) is 4. The summed E-state index contributed by atoms with van der Waals surface area (Å²) in [4.78, 5) is 60.9. The molecule has 3 aliphatic rings. The highest BCUT2D eigenvalue weighted by Crippen LogP contribution is 2.30. The van der Waals surface area contributed by atoms with Gasteiger partial charge in [0.1, 0.15) is 0 Å². The molecule has 0 radical (unpaired) electrons. The van der Waals surface area contributed by atoms with E-state index in [0.29, 0.717) is 63.4 Å². The molecule has 85 heavy (non-hydrogen) atoms. The van der Waals surface area contributed by atoms with E-state index in [2.05, 4.69) is 134 Å². The minimum absolute atomic E-state index is 0.00948. The Hall–Kier alpha value is -8.00. The number of nitrogens with zero attached hydrogens (tertiary/aromatic N) is 3. The summed E-state index contributed by atoms with van der Waals surface area (Å²) >= 11 is 0. The van der Waals surface area contributed by atoms with E-state index >= 15 is 0 Å². The van der Waals surface area contributed by atoms with Gasteiger partial charge in [-0.2, -0.15) is 0 Å². The fraction of sp³-hybridized carbons (Fsp3) is 0.342. The molecule has 3 fully saturated rings. The van der Waals surface area contributed by atoms with Crippen LogP contribution in [0.3, 0.4) is 0 Å². The largest absolute Gasteiger partial charge is 0.350 e. The molecule has 0 bridgehead atoms. The van der Waals surface area contributed by atoms with Gasteiger partial charge in [0, 0.05) is 74.3 Å². The molecule has 12 heteroatoms. The van der Waals surface area contributed by atoms with Crippen LogP contribution in [0.25, 0.3) is 21.5 Å². The van der Waals surface area contributed by atoms with Gasteiger partial charge in [0.15, 0.2) is 0 Å². The lowest BCUT2D eigenvalue weighted by Crippen LogP contribution is -2.49. The van der Waals surface area contributed by atoms with Crippen LogP contribution in [0.5, 0.6) is 0 Å². The summed E-state index contributed by atoms with van der Waals surface area (Å²) in [7, 11) is 0. The summed E-state index contributed by atoms with van der Waals surface area (Å²) in [5.41, 5.74) is 11.9. The molecule has 0 spiro atoms. The number of piperidine rings is 1. The average Bonchev–Trinajstić information content (AvgIpc) is 4.08. The number of amides is 4. The molecule has 8 aromatic rings. The van der Waals surface area contributed by atoms with Crippen LogP contribution < -0.4 is 27.0 Å². The molecule has 4 amide bonds. The number of hydrogen-bond donors (Lipinski definition) is 5. The van der Waals surface area contributed by atoms with Crippen molar-refractivity contribution in [2.24, 2.45) is 5.73 Å². The van der Waals surface area contributed by atoms with E-state index in [9.17, 15) is 19.2 Å². The van der Waals surface area contributed by atoms with Gasteiger partial charge in [-0.05, 0) is 146 Å². The number of rotatable bonds is 21. The van der Waals surface area contributed by atoms with E-state index in [1.807, 2.05) is 108 Å². The van der Waals surface area contributed by atoms with E-state index in [-0.39, 0.29) is 59.6 Å². The van der Waals surface area contributed by atoms with Gasteiger partial charge in [-0.1, -0.05) is 188 Å². The molecule has 12 nitrogen and oxygen atoms in total. The monoisotopic (exact) mass is 1140 g/mol. The number of nitrogens with two attached hydrogens (primary N) is 1. The zero-order chi connectivity index (χ0) is 58.6. The van der Waals surface area contributed by atoms with Crippen LogP contribution in [-0.2, 0) is 9.59 Å². The Balaban J connectivity index is 0.000000190. The number of carbonyl (C=O) groups is 4. The quantitative estimate of drug-likeness (QED) is 0.0477. The number of fused-ring (bicyclic) bond motifs is 2. The van der Waals surface area contributed by atoms with Gasteiger partial charge in [-0.15, -0.1) is 0 Å². The second-order valence-electron chi connectivity index (χ2n) is 23.2. The molecule has 11 rings (SSSR count). The highest BCUT2D eigenvalue weighted by atomic mass is 16.2. The van der Waals surface area contributed by atoms with Gasteiger partial charge in [0.05, 0.1) is 12.1 Å². The summed E-state index contributed by atoms with van der Waals surface area (Å²) in [6.07, 6.45) is 8.60. The fourth-order valence-corrected chi connectivity index (χ4v) is 12.6. The molecular formula is C73H84N8O4. The second kappa shape index (κ2) is 30.7. The summed E-state index contributed by atoms with van der Waals surface area (Å²) in [6.45, 7) is 7.34. The number of hydrogen-bond acceptors (Lipinski definition) is 8. The summed E-state index contributed by atoms with van der Waals surface area (Å²) in [6, 6.07) is 68.9. The Morgan fingerprint density at radius 3 is 1.24 bits per heavy atom. The van der Waals surface area contributed by atoms with E-state index in [1.165, 1.54) is 41.5 Å². The first-order valence-electron chi connectivity index (χ1n) is 31.0. The molecular weight excluding hydrogens is 1050 g/mol. The Morgan fingerprint density at radius 1 is 0.459 bits per heavy atom. The first-order valence-corrected chi connectivity index (χ1v) is 31.0. The molecule has 0 saturated carbocycles. The van der Waals surface area contributed by atoms with E-state index in [0.717, 1.165) is 73.3 Å². The third-order valence-electron chi connectivity index (χ3n) is 17.4. The third kappa shape index (κ3) is 16.7. The lowest BCUT2D eigenvalue weighted by molar-refractivity contribution is -0.133. The highest BCUT2D eigenvalue weighted by Gasteiger charge is 2.35.